The molecule has 1 heterocycles. The second-order valence-corrected chi connectivity index (χ2v) is 5.46. The number of nitrogens with one attached hydrogen (secondary N) is 1. The van der Waals surface area contributed by atoms with E-state index in [1.54, 1.807) is 0 Å². The molecule has 1 saturated heterocycles. The first kappa shape index (κ1) is 12.1. The summed E-state index contributed by atoms with van der Waals surface area (Å²) in [5.74, 6) is 0. The van der Waals surface area contributed by atoms with Crippen LogP contribution in [0.5, 0.6) is 0 Å². The fraction of sp³-hybridized carbons (Fsp3) is 0.538. The molecule has 0 radical (unpaired) electrons. The highest BCUT2D eigenvalue weighted by molar-refractivity contribution is 9.10. The van der Waals surface area contributed by atoms with Crippen LogP contribution in [0.2, 0.25) is 0 Å². The van der Waals surface area contributed by atoms with Gasteiger partial charge in [-0.25, -0.2) is 0 Å². The molecular formula is C13H19BrN2. The minimum atomic E-state index is 0.692. The van der Waals surface area contributed by atoms with Crippen LogP contribution in [0.15, 0.2) is 28.7 Å². The molecule has 1 atom stereocenters. The number of piperidine rings is 1. The summed E-state index contributed by atoms with van der Waals surface area (Å²) in [6.07, 6.45) is 2.62. The molecule has 1 aliphatic rings. The van der Waals surface area contributed by atoms with Gasteiger partial charge < -0.3 is 5.32 Å². The maximum Gasteiger partial charge on any atom is 0.0234 e. The zero-order valence-corrected chi connectivity index (χ0v) is 11.3. The number of hydrogen-bond acceptors (Lipinski definition) is 2. The summed E-state index contributed by atoms with van der Waals surface area (Å²) in [4.78, 5) is 2.45. The Kier molecular flexibility index (Phi) is 4.38. The van der Waals surface area contributed by atoms with Gasteiger partial charge in [-0.15, -0.1) is 0 Å². The quantitative estimate of drug-likeness (QED) is 0.917. The van der Waals surface area contributed by atoms with E-state index in [1.165, 1.54) is 24.9 Å². The Morgan fingerprint density at radius 2 is 2.12 bits per heavy atom. The summed E-state index contributed by atoms with van der Waals surface area (Å²) in [5.41, 5.74) is 1.39. The molecular weight excluding hydrogens is 264 g/mol. The molecule has 0 saturated carbocycles. The maximum absolute atomic E-state index is 3.46. The average molecular weight is 283 g/mol. The van der Waals surface area contributed by atoms with E-state index in [2.05, 4.69) is 57.5 Å². The Labute approximate surface area is 106 Å². The Hall–Kier alpha value is -0.380. The molecule has 0 aromatic heterocycles. The molecule has 0 bridgehead atoms. The summed E-state index contributed by atoms with van der Waals surface area (Å²) in [6.45, 7) is 3.36. The Morgan fingerprint density at radius 1 is 1.38 bits per heavy atom. The van der Waals surface area contributed by atoms with E-state index in [-0.39, 0.29) is 0 Å². The SMILES string of the molecule is CN(Cc1ccc(Br)cc1)C1CCCNC1. The van der Waals surface area contributed by atoms with Crippen LogP contribution in [0.1, 0.15) is 18.4 Å². The van der Waals surface area contributed by atoms with Crippen molar-refractivity contribution in [2.75, 3.05) is 20.1 Å². The second kappa shape index (κ2) is 5.80. The van der Waals surface area contributed by atoms with E-state index in [9.17, 15) is 0 Å². The van der Waals surface area contributed by atoms with E-state index >= 15 is 0 Å². The van der Waals surface area contributed by atoms with Crippen LogP contribution in [-0.2, 0) is 6.54 Å². The van der Waals surface area contributed by atoms with Gasteiger partial charge in [-0.05, 0) is 44.1 Å². The monoisotopic (exact) mass is 282 g/mol. The van der Waals surface area contributed by atoms with E-state index in [0.29, 0.717) is 6.04 Å². The predicted molar refractivity (Wildman–Crippen MR) is 71.5 cm³/mol. The lowest BCUT2D eigenvalue weighted by Crippen LogP contribution is -2.43. The van der Waals surface area contributed by atoms with Crippen molar-refractivity contribution in [3.05, 3.63) is 34.3 Å². The van der Waals surface area contributed by atoms with Crippen LogP contribution in [0, 0.1) is 0 Å². The first-order valence-electron chi connectivity index (χ1n) is 5.91. The number of benzene rings is 1. The highest BCUT2D eigenvalue weighted by atomic mass is 79.9. The largest absolute Gasteiger partial charge is 0.315 e. The number of likely N-dealkylation sites (N-methyl/N-ethyl adjacent to an activating group) is 1. The molecule has 0 spiro atoms. The van der Waals surface area contributed by atoms with Gasteiger partial charge in [0, 0.05) is 23.6 Å². The third-order valence-electron chi connectivity index (χ3n) is 3.24. The highest BCUT2D eigenvalue weighted by Gasteiger charge is 2.17. The molecule has 0 aliphatic carbocycles. The molecule has 0 amide bonds. The summed E-state index contributed by atoms with van der Waals surface area (Å²) in [5, 5.41) is 3.46. The van der Waals surface area contributed by atoms with Crippen LogP contribution in [-0.4, -0.2) is 31.1 Å². The summed E-state index contributed by atoms with van der Waals surface area (Å²) in [6, 6.07) is 9.30. The topological polar surface area (TPSA) is 15.3 Å². The lowest BCUT2D eigenvalue weighted by atomic mass is 10.1. The van der Waals surface area contributed by atoms with Gasteiger partial charge in [0.2, 0.25) is 0 Å². The fourth-order valence-electron chi connectivity index (χ4n) is 2.22. The summed E-state index contributed by atoms with van der Waals surface area (Å²) < 4.78 is 1.15. The van der Waals surface area contributed by atoms with E-state index in [1.807, 2.05) is 0 Å². The molecule has 88 valence electrons. The number of hydrogen-bond donors (Lipinski definition) is 1. The van der Waals surface area contributed by atoms with Gasteiger partial charge in [-0.2, -0.15) is 0 Å². The van der Waals surface area contributed by atoms with E-state index in [0.717, 1.165) is 17.6 Å². The van der Waals surface area contributed by atoms with Crippen molar-refractivity contribution in [1.29, 1.82) is 0 Å². The Bertz CT molecular complexity index is 317. The molecule has 1 N–H and O–H groups in total. The van der Waals surface area contributed by atoms with Crippen LogP contribution in [0.25, 0.3) is 0 Å². The van der Waals surface area contributed by atoms with Gasteiger partial charge in [-0.3, -0.25) is 4.90 Å². The molecule has 16 heavy (non-hydrogen) atoms. The zero-order valence-electron chi connectivity index (χ0n) is 9.75. The van der Waals surface area contributed by atoms with Crippen LogP contribution in [0.3, 0.4) is 0 Å². The van der Waals surface area contributed by atoms with Gasteiger partial charge in [-0.1, -0.05) is 28.1 Å². The molecule has 1 aliphatic heterocycles. The fourth-order valence-corrected chi connectivity index (χ4v) is 2.48. The predicted octanol–water partition coefficient (Wildman–Crippen LogP) is 2.63. The zero-order chi connectivity index (χ0) is 11.4. The van der Waals surface area contributed by atoms with Crippen molar-refractivity contribution < 1.29 is 0 Å². The first-order chi connectivity index (χ1) is 7.75. The first-order valence-corrected chi connectivity index (χ1v) is 6.70. The van der Waals surface area contributed by atoms with Gasteiger partial charge in [0.1, 0.15) is 0 Å². The van der Waals surface area contributed by atoms with Gasteiger partial charge in [0.25, 0.3) is 0 Å². The normalized spacial score (nSPS) is 21.3. The average Bonchev–Trinajstić information content (AvgIpc) is 2.33. The van der Waals surface area contributed by atoms with E-state index in [4.69, 9.17) is 0 Å². The minimum Gasteiger partial charge on any atom is -0.315 e. The summed E-state index contributed by atoms with van der Waals surface area (Å²) in [7, 11) is 2.22. The maximum atomic E-state index is 3.46. The van der Waals surface area contributed by atoms with Crippen LogP contribution < -0.4 is 5.32 Å². The van der Waals surface area contributed by atoms with Crippen molar-refractivity contribution in [2.45, 2.75) is 25.4 Å². The second-order valence-electron chi connectivity index (χ2n) is 4.54. The summed E-state index contributed by atoms with van der Waals surface area (Å²) >= 11 is 3.46. The van der Waals surface area contributed by atoms with E-state index < -0.39 is 0 Å². The smallest absolute Gasteiger partial charge is 0.0234 e. The third kappa shape index (κ3) is 3.30. The highest BCUT2D eigenvalue weighted by Crippen LogP contribution is 2.15. The van der Waals surface area contributed by atoms with Crippen molar-refractivity contribution in [2.24, 2.45) is 0 Å². The van der Waals surface area contributed by atoms with Crippen molar-refractivity contribution in [3.63, 3.8) is 0 Å². The van der Waals surface area contributed by atoms with Crippen molar-refractivity contribution in [1.82, 2.24) is 10.2 Å². The standard InChI is InChI=1S/C13H19BrN2/c1-16(13-3-2-8-15-9-13)10-11-4-6-12(14)7-5-11/h4-7,13,15H,2-3,8-10H2,1H3. The minimum absolute atomic E-state index is 0.692. The molecule has 1 fully saturated rings. The van der Waals surface area contributed by atoms with Crippen molar-refractivity contribution in [3.8, 4) is 0 Å². The van der Waals surface area contributed by atoms with Crippen LogP contribution in [0.4, 0.5) is 0 Å². The van der Waals surface area contributed by atoms with Crippen molar-refractivity contribution >= 4 is 15.9 Å². The number of nitrogens with zero attached hydrogens (tertiary/aromatic N) is 1. The van der Waals surface area contributed by atoms with Gasteiger partial charge in [0.15, 0.2) is 0 Å². The lowest BCUT2D eigenvalue weighted by molar-refractivity contribution is 0.196. The Morgan fingerprint density at radius 3 is 2.75 bits per heavy atom. The lowest BCUT2D eigenvalue weighted by Gasteiger charge is -2.31. The number of rotatable bonds is 3. The molecule has 3 heteroatoms. The molecule has 1 aromatic rings. The Balaban J connectivity index is 1.90. The van der Waals surface area contributed by atoms with Gasteiger partial charge in [0.05, 0.1) is 0 Å². The van der Waals surface area contributed by atoms with Crippen LogP contribution >= 0.6 is 15.9 Å². The molecule has 1 unspecified atom stereocenters. The molecule has 2 nitrogen and oxygen atoms in total. The third-order valence-corrected chi connectivity index (χ3v) is 3.77. The van der Waals surface area contributed by atoms with Gasteiger partial charge >= 0.3 is 0 Å². The molecule has 2 rings (SSSR count). The number of halogens is 1. The molecule has 1 aromatic carbocycles.